The van der Waals surface area contributed by atoms with Crippen molar-refractivity contribution < 1.29 is 4.79 Å². The predicted octanol–water partition coefficient (Wildman–Crippen LogP) is 2.73. The van der Waals surface area contributed by atoms with Crippen LogP contribution in [0.5, 0.6) is 0 Å². The molecule has 4 heteroatoms. The molecule has 0 saturated heterocycles. The molecular weight excluding hydrogens is 315 g/mol. The third kappa shape index (κ3) is 4.92. The Kier molecular flexibility index (Phi) is 6.37. The normalized spacial score (nSPS) is 10.1. The second-order valence-corrected chi connectivity index (χ2v) is 4.77. The zero-order chi connectivity index (χ0) is 11.8. The summed E-state index contributed by atoms with van der Waals surface area (Å²) in [5.74, 6) is -0.0260. The Bertz CT molecular complexity index is 324. The van der Waals surface area contributed by atoms with Crippen molar-refractivity contribution in [3.63, 3.8) is 0 Å². The Hall–Kier alpha value is -0.650. The van der Waals surface area contributed by atoms with Gasteiger partial charge in [0.05, 0.1) is 5.56 Å². The average molecular weight is 332 g/mol. The molecule has 0 aliphatic carbocycles. The molecule has 1 N–H and O–H groups in total. The van der Waals surface area contributed by atoms with Crippen molar-refractivity contribution in [3.05, 3.63) is 29.6 Å². The molecule has 0 unspecified atom stereocenters. The number of unbranched alkanes of at least 4 members (excludes halogenated alkanes) is 2. The van der Waals surface area contributed by atoms with Gasteiger partial charge in [-0.25, -0.2) is 0 Å². The molecule has 1 rings (SSSR count). The van der Waals surface area contributed by atoms with Gasteiger partial charge in [-0.3, -0.25) is 9.78 Å². The highest BCUT2D eigenvalue weighted by Gasteiger charge is 2.03. The van der Waals surface area contributed by atoms with E-state index in [0.717, 1.165) is 18.7 Å². The van der Waals surface area contributed by atoms with Gasteiger partial charge in [-0.15, -0.1) is 0 Å². The van der Waals surface area contributed by atoms with Crippen molar-refractivity contribution in [1.82, 2.24) is 10.3 Å². The van der Waals surface area contributed by atoms with E-state index < -0.39 is 0 Å². The molecule has 0 atom stereocenters. The van der Waals surface area contributed by atoms with Crippen molar-refractivity contribution in [3.8, 4) is 0 Å². The minimum Gasteiger partial charge on any atom is -0.352 e. The summed E-state index contributed by atoms with van der Waals surface area (Å²) >= 11 is 2.37. The summed E-state index contributed by atoms with van der Waals surface area (Å²) in [5, 5.41) is 2.90. The fraction of sp³-hybridized carbons (Fsp3) is 0.500. The number of amides is 1. The van der Waals surface area contributed by atoms with Crippen LogP contribution in [0, 0.1) is 6.92 Å². The summed E-state index contributed by atoms with van der Waals surface area (Å²) in [4.78, 5) is 15.7. The van der Waals surface area contributed by atoms with E-state index in [2.05, 4.69) is 32.9 Å². The zero-order valence-corrected chi connectivity index (χ0v) is 11.7. The largest absolute Gasteiger partial charge is 0.352 e. The van der Waals surface area contributed by atoms with E-state index in [1.54, 1.807) is 6.20 Å². The summed E-state index contributed by atoms with van der Waals surface area (Å²) in [6.07, 6.45) is 5.07. The monoisotopic (exact) mass is 332 g/mol. The van der Waals surface area contributed by atoms with Crippen LogP contribution in [0.3, 0.4) is 0 Å². The number of carbonyl (C=O) groups is 1. The number of alkyl halides is 1. The summed E-state index contributed by atoms with van der Waals surface area (Å²) in [6, 6.07) is 3.66. The Morgan fingerprint density at radius 1 is 1.38 bits per heavy atom. The molecular formula is C12H17IN2O. The second kappa shape index (κ2) is 7.60. The molecule has 0 aliphatic rings. The number of carbonyl (C=O) groups excluding carboxylic acids is 1. The molecule has 1 heterocycles. The summed E-state index contributed by atoms with van der Waals surface area (Å²) < 4.78 is 1.19. The SMILES string of the molecule is Cc1ccc(C(=O)NCCCCCI)cn1. The second-order valence-electron chi connectivity index (χ2n) is 3.69. The molecule has 1 aromatic rings. The minimum absolute atomic E-state index is 0.0260. The molecule has 0 radical (unpaired) electrons. The number of hydrogen-bond donors (Lipinski definition) is 1. The molecule has 0 aliphatic heterocycles. The van der Waals surface area contributed by atoms with Crippen LogP contribution < -0.4 is 5.32 Å². The van der Waals surface area contributed by atoms with Gasteiger partial charge >= 0.3 is 0 Å². The maximum Gasteiger partial charge on any atom is 0.252 e. The lowest BCUT2D eigenvalue weighted by Crippen LogP contribution is -2.24. The van der Waals surface area contributed by atoms with Crippen LogP contribution in [0.4, 0.5) is 0 Å². The van der Waals surface area contributed by atoms with Crippen LogP contribution in [0.2, 0.25) is 0 Å². The first kappa shape index (κ1) is 13.4. The van der Waals surface area contributed by atoms with Gasteiger partial charge in [0.1, 0.15) is 0 Å². The fourth-order valence-corrected chi connectivity index (χ4v) is 1.84. The highest BCUT2D eigenvalue weighted by Crippen LogP contribution is 2.00. The topological polar surface area (TPSA) is 42.0 Å². The summed E-state index contributed by atoms with van der Waals surface area (Å²) in [5.41, 5.74) is 1.57. The number of nitrogens with zero attached hydrogens (tertiary/aromatic N) is 1. The third-order valence-electron chi connectivity index (χ3n) is 2.27. The molecule has 16 heavy (non-hydrogen) atoms. The van der Waals surface area contributed by atoms with Gasteiger partial charge in [-0.2, -0.15) is 0 Å². The van der Waals surface area contributed by atoms with Gasteiger partial charge in [-0.05, 0) is 36.3 Å². The Morgan fingerprint density at radius 3 is 2.81 bits per heavy atom. The van der Waals surface area contributed by atoms with Crippen molar-refractivity contribution in [1.29, 1.82) is 0 Å². The quantitative estimate of drug-likeness (QED) is 0.494. The van der Waals surface area contributed by atoms with Crippen molar-refractivity contribution in [2.45, 2.75) is 26.2 Å². The minimum atomic E-state index is -0.0260. The highest BCUT2D eigenvalue weighted by atomic mass is 127. The first-order valence-corrected chi connectivity index (χ1v) is 7.03. The van der Waals surface area contributed by atoms with Gasteiger partial charge in [0.15, 0.2) is 0 Å². The molecule has 0 saturated carbocycles. The van der Waals surface area contributed by atoms with Crippen molar-refractivity contribution >= 4 is 28.5 Å². The van der Waals surface area contributed by atoms with E-state index in [4.69, 9.17) is 0 Å². The van der Waals surface area contributed by atoms with Crippen LogP contribution in [-0.4, -0.2) is 21.9 Å². The lowest BCUT2D eigenvalue weighted by atomic mass is 10.2. The van der Waals surface area contributed by atoms with E-state index in [1.165, 1.54) is 17.3 Å². The number of rotatable bonds is 6. The zero-order valence-electron chi connectivity index (χ0n) is 9.50. The standard InChI is InChI=1S/C12H17IN2O/c1-10-5-6-11(9-15-10)12(16)14-8-4-2-3-7-13/h5-6,9H,2-4,7-8H2,1H3,(H,14,16). The lowest BCUT2D eigenvalue weighted by molar-refractivity contribution is 0.0952. The maximum atomic E-state index is 11.6. The van der Waals surface area contributed by atoms with Crippen LogP contribution >= 0.6 is 22.6 Å². The van der Waals surface area contributed by atoms with E-state index in [-0.39, 0.29) is 5.91 Å². The molecule has 1 aromatic heterocycles. The van der Waals surface area contributed by atoms with Gasteiger partial charge < -0.3 is 5.32 Å². The van der Waals surface area contributed by atoms with Crippen molar-refractivity contribution in [2.75, 3.05) is 11.0 Å². The molecule has 0 fully saturated rings. The summed E-state index contributed by atoms with van der Waals surface area (Å²) in [6.45, 7) is 2.66. The molecule has 0 spiro atoms. The van der Waals surface area contributed by atoms with Gasteiger partial charge in [-0.1, -0.05) is 29.0 Å². The van der Waals surface area contributed by atoms with Gasteiger partial charge in [0, 0.05) is 18.4 Å². The number of hydrogen-bond acceptors (Lipinski definition) is 2. The van der Waals surface area contributed by atoms with Gasteiger partial charge in [0.2, 0.25) is 0 Å². The smallest absolute Gasteiger partial charge is 0.252 e. The average Bonchev–Trinajstić information content (AvgIpc) is 2.29. The number of halogens is 1. The van der Waals surface area contributed by atoms with Crippen LogP contribution in [0.1, 0.15) is 35.3 Å². The molecule has 88 valence electrons. The Morgan fingerprint density at radius 2 is 2.19 bits per heavy atom. The predicted molar refractivity (Wildman–Crippen MR) is 74.0 cm³/mol. The third-order valence-corrected chi connectivity index (χ3v) is 3.03. The lowest BCUT2D eigenvalue weighted by Gasteiger charge is -2.04. The van der Waals surface area contributed by atoms with Gasteiger partial charge in [0.25, 0.3) is 5.91 Å². The molecule has 0 aromatic carbocycles. The van der Waals surface area contributed by atoms with Crippen LogP contribution in [-0.2, 0) is 0 Å². The molecule has 0 bridgehead atoms. The fourth-order valence-electron chi connectivity index (χ4n) is 1.30. The Labute approximate surface area is 110 Å². The first-order chi connectivity index (χ1) is 7.74. The molecule has 1 amide bonds. The van der Waals surface area contributed by atoms with Crippen LogP contribution in [0.25, 0.3) is 0 Å². The maximum absolute atomic E-state index is 11.6. The first-order valence-electron chi connectivity index (χ1n) is 5.51. The summed E-state index contributed by atoms with van der Waals surface area (Å²) in [7, 11) is 0. The van der Waals surface area contributed by atoms with Crippen LogP contribution in [0.15, 0.2) is 18.3 Å². The Balaban J connectivity index is 2.27. The van der Waals surface area contributed by atoms with E-state index in [1.807, 2.05) is 19.1 Å². The molecule has 3 nitrogen and oxygen atoms in total. The number of aromatic nitrogens is 1. The van der Waals surface area contributed by atoms with E-state index in [9.17, 15) is 4.79 Å². The number of nitrogens with one attached hydrogen (secondary N) is 1. The number of pyridine rings is 1. The number of aryl methyl sites for hydroxylation is 1. The van der Waals surface area contributed by atoms with Crippen molar-refractivity contribution in [2.24, 2.45) is 0 Å². The van der Waals surface area contributed by atoms with E-state index in [0.29, 0.717) is 5.56 Å². The highest BCUT2D eigenvalue weighted by molar-refractivity contribution is 14.1. The van der Waals surface area contributed by atoms with E-state index >= 15 is 0 Å².